The van der Waals surface area contributed by atoms with Gasteiger partial charge in [-0.2, -0.15) is 0 Å². The Hall–Kier alpha value is -2.15. The predicted molar refractivity (Wildman–Crippen MR) is 117 cm³/mol. The molecule has 5 nitrogen and oxygen atoms in total. The summed E-state index contributed by atoms with van der Waals surface area (Å²) < 4.78 is 14.7. The highest BCUT2D eigenvalue weighted by Gasteiger charge is 2.25. The normalized spacial score (nSPS) is 15.7. The lowest BCUT2D eigenvalue weighted by atomic mass is 9.89. The summed E-state index contributed by atoms with van der Waals surface area (Å²) in [6, 6.07) is 9.15. The number of likely N-dealkylation sites (tertiary alicyclic amines) is 1. The molecule has 0 saturated carbocycles. The van der Waals surface area contributed by atoms with Gasteiger partial charge in [-0.25, -0.2) is 9.18 Å². The van der Waals surface area contributed by atoms with Crippen molar-refractivity contribution < 1.29 is 9.18 Å². The Balaban J connectivity index is 1.30. The Morgan fingerprint density at radius 3 is 2.43 bits per heavy atom. The van der Waals surface area contributed by atoms with Crippen LogP contribution in [0.4, 0.5) is 4.39 Å². The van der Waals surface area contributed by atoms with Gasteiger partial charge in [-0.3, -0.25) is 9.36 Å². The van der Waals surface area contributed by atoms with E-state index in [9.17, 15) is 14.0 Å². The largest absolute Gasteiger partial charge is 0.326 e. The maximum Gasteiger partial charge on any atom is 0.326 e. The number of carbonyl (C=O) groups excluding carboxylic acids is 1. The Morgan fingerprint density at radius 1 is 1.07 bits per heavy atom. The minimum atomic E-state index is -0.332. The summed E-state index contributed by atoms with van der Waals surface area (Å²) in [6.45, 7) is 3.09. The van der Waals surface area contributed by atoms with Crippen molar-refractivity contribution in [2.75, 3.05) is 19.6 Å². The molecule has 1 N–H and O–H groups in total. The molecule has 3 aromatic rings. The summed E-state index contributed by atoms with van der Waals surface area (Å²) in [5.41, 5.74) is 1.83. The van der Waals surface area contributed by atoms with Crippen LogP contribution in [0, 0.1) is 11.7 Å². The number of carbonyl (C=O) groups is 1. The van der Waals surface area contributed by atoms with Gasteiger partial charge in [0, 0.05) is 18.0 Å². The van der Waals surface area contributed by atoms with Crippen LogP contribution in [0.15, 0.2) is 41.2 Å². The third-order valence-electron chi connectivity index (χ3n) is 5.76. The Morgan fingerprint density at radius 2 is 1.73 bits per heavy atom. The Labute approximate surface area is 183 Å². The molecule has 1 aromatic heterocycles. The lowest BCUT2D eigenvalue weighted by Gasteiger charge is -2.31. The molecule has 4 rings (SSSR count). The topological polar surface area (TPSA) is 58.1 Å². The number of rotatable bonds is 6. The first kappa shape index (κ1) is 21.1. The zero-order chi connectivity index (χ0) is 21.3. The number of aromatic nitrogens is 2. The number of nitrogens with zero attached hydrogens (tertiary/aromatic N) is 2. The summed E-state index contributed by atoms with van der Waals surface area (Å²) in [6.07, 6.45) is 2.39. The second kappa shape index (κ2) is 8.92. The summed E-state index contributed by atoms with van der Waals surface area (Å²) in [7, 11) is 0. The number of H-pyrrole nitrogens is 1. The number of hydrogen-bond acceptors (Lipinski definition) is 3. The maximum atomic E-state index is 13.1. The second-order valence-electron chi connectivity index (χ2n) is 7.71. The van der Waals surface area contributed by atoms with E-state index in [1.165, 1.54) is 12.1 Å². The van der Waals surface area contributed by atoms with E-state index < -0.39 is 0 Å². The fourth-order valence-corrected chi connectivity index (χ4v) is 4.42. The first-order valence-electron chi connectivity index (χ1n) is 10.0. The molecule has 1 aliphatic heterocycles. The van der Waals surface area contributed by atoms with E-state index in [2.05, 4.69) is 9.88 Å². The van der Waals surface area contributed by atoms with E-state index in [-0.39, 0.29) is 23.2 Å². The predicted octanol–water partition coefficient (Wildman–Crippen LogP) is 4.76. The van der Waals surface area contributed by atoms with Crippen molar-refractivity contribution in [2.24, 2.45) is 5.92 Å². The van der Waals surface area contributed by atoms with Crippen LogP contribution in [0.1, 0.15) is 29.6 Å². The molecule has 0 aliphatic carbocycles. The number of nitrogens with one attached hydrogen (secondary N) is 1. The number of benzene rings is 2. The highest BCUT2D eigenvalue weighted by atomic mass is 35.5. The van der Waals surface area contributed by atoms with Crippen molar-refractivity contribution in [1.29, 1.82) is 0 Å². The van der Waals surface area contributed by atoms with Gasteiger partial charge in [0.2, 0.25) is 0 Å². The van der Waals surface area contributed by atoms with Crippen LogP contribution < -0.4 is 5.69 Å². The number of hydrogen-bond donors (Lipinski definition) is 1. The van der Waals surface area contributed by atoms with Crippen LogP contribution in [0.3, 0.4) is 0 Å². The highest BCUT2D eigenvalue weighted by molar-refractivity contribution is 6.42. The van der Waals surface area contributed by atoms with Crippen LogP contribution in [0.5, 0.6) is 0 Å². The molecular formula is C22H22Cl2FN3O2. The number of aryl methyl sites for hydroxylation is 1. The van der Waals surface area contributed by atoms with E-state index in [1.54, 1.807) is 28.8 Å². The number of fused-ring (bicyclic) bond motifs is 1. The van der Waals surface area contributed by atoms with Crippen LogP contribution in [-0.4, -0.2) is 39.9 Å². The molecule has 0 amide bonds. The van der Waals surface area contributed by atoms with Gasteiger partial charge >= 0.3 is 5.69 Å². The molecule has 0 radical (unpaired) electrons. The first-order valence-corrected chi connectivity index (χ1v) is 10.8. The van der Waals surface area contributed by atoms with Gasteiger partial charge in [-0.15, -0.1) is 0 Å². The fraction of sp³-hybridized carbons (Fsp3) is 0.364. The van der Waals surface area contributed by atoms with Crippen molar-refractivity contribution >= 4 is 40.0 Å². The van der Waals surface area contributed by atoms with Gasteiger partial charge in [-0.1, -0.05) is 23.2 Å². The standard InChI is InChI=1S/C22H22Cl2FN3O2/c23-17-12-19-20(13-18(17)24)28(22(30)26-19)9-1-8-27-10-6-15(7-11-27)21(29)14-2-4-16(25)5-3-14/h2-5,12-13,15H,1,6-11H2,(H,26,30). The van der Waals surface area contributed by atoms with E-state index in [1.807, 2.05) is 0 Å². The molecule has 158 valence electrons. The van der Waals surface area contributed by atoms with Gasteiger partial charge in [0.1, 0.15) is 5.82 Å². The highest BCUT2D eigenvalue weighted by Crippen LogP contribution is 2.26. The number of aromatic amines is 1. The third-order valence-corrected chi connectivity index (χ3v) is 6.48. The minimum absolute atomic E-state index is 0.0187. The lowest BCUT2D eigenvalue weighted by molar-refractivity contribution is 0.0838. The van der Waals surface area contributed by atoms with Crippen LogP contribution in [0.25, 0.3) is 11.0 Å². The fourth-order valence-electron chi connectivity index (χ4n) is 4.09. The molecule has 0 atom stereocenters. The quantitative estimate of drug-likeness (QED) is 0.551. The molecule has 1 aliphatic rings. The van der Waals surface area contributed by atoms with Crippen LogP contribution >= 0.6 is 23.2 Å². The van der Waals surface area contributed by atoms with Gasteiger partial charge in [0.15, 0.2) is 5.78 Å². The number of Topliss-reactive ketones (excluding diaryl/α,β-unsaturated/α-hetero) is 1. The Kier molecular flexibility index (Phi) is 6.27. The van der Waals surface area contributed by atoms with E-state index in [4.69, 9.17) is 23.2 Å². The summed E-state index contributed by atoms with van der Waals surface area (Å²) in [5, 5.41) is 0.834. The van der Waals surface area contributed by atoms with Crippen molar-refractivity contribution in [2.45, 2.75) is 25.8 Å². The first-order chi connectivity index (χ1) is 14.4. The molecule has 30 heavy (non-hydrogen) atoms. The van der Waals surface area contributed by atoms with Crippen LogP contribution in [0.2, 0.25) is 10.0 Å². The van der Waals surface area contributed by atoms with E-state index >= 15 is 0 Å². The van der Waals surface area contributed by atoms with E-state index in [0.29, 0.717) is 27.7 Å². The zero-order valence-electron chi connectivity index (χ0n) is 16.3. The van der Waals surface area contributed by atoms with E-state index in [0.717, 1.165) is 44.4 Å². The minimum Gasteiger partial charge on any atom is -0.305 e. The number of imidazole rings is 1. The van der Waals surface area contributed by atoms with Crippen LogP contribution in [-0.2, 0) is 6.54 Å². The molecule has 0 spiro atoms. The van der Waals surface area contributed by atoms with Gasteiger partial charge in [-0.05, 0) is 75.3 Å². The van der Waals surface area contributed by atoms with Gasteiger partial charge in [0.05, 0.1) is 21.1 Å². The zero-order valence-corrected chi connectivity index (χ0v) is 17.8. The number of ketones is 1. The smallest absolute Gasteiger partial charge is 0.305 e. The summed E-state index contributed by atoms with van der Waals surface area (Å²) in [5.74, 6) is -0.258. The van der Waals surface area contributed by atoms with Gasteiger partial charge in [0.25, 0.3) is 0 Å². The molecule has 8 heteroatoms. The maximum absolute atomic E-state index is 13.1. The van der Waals surface area contributed by atoms with Crippen molar-refractivity contribution in [3.8, 4) is 0 Å². The molecule has 0 unspecified atom stereocenters. The number of piperidine rings is 1. The molecule has 1 fully saturated rings. The average Bonchev–Trinajstić information content (AvgIpc) is 3.03. The average molecular weight is 450 g/mol. The molecule has 0 bridgehead atoms. The van der Waals surface area contributed by atoms with Crippen molar-refractivity contribution in [1.82, 2.24) is 14.5 Å². The molecule has 2 aromatic carbocycles. The number of halogens is 3. The lowest BCUT2D eigenvalue weighted by Crippen LogP contribution is -2.37. The Bertz CT molecular complexity index is 1120. The second-order valence-corrected chi connectivity index (χ2v) is 8.52. The molecule has 1 saturated heterocycles. The SMILES string of the molecule is O=C(c1ccc(F)cc1)C1CCN(CCCn2c(=O)[nH]c3cc(Cl)c(Cl)cc32)CC1. The third kappa shape index (κ3) is 4.46. The molecule has 2 heterocycles. The van der Waals surface area contributed by atoms with Crippen molar-refractivity contribution in [3.05, 3.63) is 68.3 Å². The monoisotopic (exact) mass is 449 g/mol. The summed E-state index contributed by atoms with van der Waals surface area (Å²) >= 11 is 12.1. The van der Waals surface area contributed by atoms with Gasteiger partial charge < -0.3 is 9.88 Å². The molecular weight excluding hydrogens is 428 g/mol. The van der Waals surface area contributed by atoms with Crippen molar-refractivity contribution in [3.63, 3.8) is 0 Å². The summed E-state index contributed by atoms with van der Waals surface area (Å²) in [4.78, 5) is 30.0.